The molecule has 2 aliphatic rings. The minimum Gasteiger partial charge on any atom is -0.354 e. The Morgan fingerprint density at radius 1 is 1.07 bits per heavy atom. The van der Waals surface area contributed by atoms with Crippen molar-refractivity contribution in [3.63, 3.8) is 0 Å². The second-order valence-corrected chi connectivity index (χ2v) is 10.4. The molecular formula is C18H25N3O4S2. The summed E-state index contributed by atoms with van der Waals surface area (Å²) in [5.41, 5.74) is 1.24. The van der Waals surface area contributed by atoms with E-state index in [0.29, 0.717) is 56.0 Å². The first-order chi connectivity index (χ1) is 12.8. The summed E-state index contributed by atoms with van der Waals surface area (Å²) in [5.74, 6) is 0.572. The maximum atomic E-state index is 12.6. The molecule has 0 unspecified atom stereocenters. The zero-order chi connectivity index (χ0) is 19.7. The van der Waals surface area contributed by atoms with E-state index in [1.54, 1.807) is 31.2 Å². The van der Waals surface area contributed by atoms with Crippen LogP contribution in [0, 0.1) is 0 Å². The molecule has 0 N–H and O–H groups in total. The Balaban J connectivity index is 1.86. The van der Waals surface area contributed by atoms with Gasteiger partial charge in [-0.15, -0.1) is 4.40 Å². The van der Waals surface area contributed by atoms with Gasteiger partial charge in [-0.25, -0.2) is 12.7 Å². The number of hydrogen-bond acceptors (Lipinski definition) is 5. The maximum absolute atomic E-state index is 12.6. The summed E-state index contributed by atoms with van der Waals surface area (Å²) in [6, 6.07) is 8.95. The van der Waals surface area contributed by atoms with Gasteiger partial charge < -0.3 is 4.90 Å². The van der Waals surface area contributed by atoms with E-state index in [1.807, 2.05) is 17.9 Å². The average molecular weight is 412 g/mol. The number of rotatable bonds is 4. The van der Waals surface area contributed by atoms with Crippen LogP contribution in [0.4, 0.5) is 0 Å². The topological polar surface area (TPSA) is 87.1 Å². The monoisotopic (exact) mass is 411 g/mol. The van der Waals surface area contributed by atoms with E-state index >= 15 is 0 Å². The van der Waals surface area contributed by atoms with Crippen LogP contribution in [0.1, 0.15) is 32.3 Å². The van der Waals surface area contributed by atoms with Crippen LogP contribution >= 0.6 is 0 Å². The molecule has 9 heteroatoms. The smallest absolute Gasteiger partial charge is 0.285 e. The first-order valence-corrected chi connectivity index (χ1v) is 12.2. The first kappa shape index (κ1) is 20.0. The van der Waals surface area contributed by atoms with Crippen LogP contribution in [0.3, 0.4) is 0 Å². The minimum atomic E-state index is -3.76. The van der Waals surface area contributed by atoms with Crippen LogP contribution in [0.15, 0.2) is 40.3 Å². The van der Waals surface area contributed by atoms with Gasteiger partial charge in [0.2, 0.25) is 10.0 Å². The van der Waals surface area contributed by atoms with E-state index in [-0.39, 0.29) is 10.7 Å². The lowest BCUT2D eigenvalue weighted by Gasteiger charge is -2.23. The molecule has 3 rings (SSSR count). The number of benzene rings is 1. The van der Waals surface area contributed by atoms with Gasteiger partial charge in [0.1, 0.15) is 10.7 Å². The Hall–Kier alpha value is -1.71. The van der Waals surface area contributed by atoms with Crippen molar-refractivity contribution in [2.75, 3.05) is 31.9 Å². The molecule has 1 fully saturated rings. The van der Waals surface area contributed by atoms with Crippen LogP contribution in [0.25, 0.3) is 4.91 Å². The third kappa shape index (κ3) is 4.09. The summed E-state index contributed by atoms with van der Waals surface area (Å²) in [4.78, 5) is 2.13. The fraction of sp³-hybridized carbons (Fsp3) is 0.500. The summed E-state index contributed by atoms with van der Waals surface area (Å²) >= 11 is 0. The lowest BCUT2D eigenvalue weighted by Crippen LogP contribution is -2.38. The highest BCUT2D eigenvalue weighted by molar-refractivity contribution is 8.00. The molecule has 7 nitrogen and oxygen atoms in total. The molecule has 0 amide bonds. The summed E-state index contributed by atoms with van der Waals surface area (Å²) in [7, 11) is -7.01. The summed E-state index contributed by atoms with van der Waals surface area (Å²) in [6.45, 7) is 5.41. The second-order valence-electron chi connectivity index (χ2n) is 6.77. The lowest BCUT2D eigenvalue weighted by atomic mass is 10.1. The fourth-order valence-corrected chi connectivity index (χ4v) is 6.57. The van der Waals surface area contributed by atoms with E-state index in [2.05, 4.69) is 4.40 Å². The highest BCUT2D eigenvalue weighted by Gasteiger charge is 2.34. The van der Waals surface area contributed by atoms with Gasteiger partial charge >= 0.3 is 0 Å². The molecule has 0 aromatic heterocycles. The Labute approximate surface area is 161 Å². The van der Waals surface area contributed by atoms with E-state index in [1.165, 1.54) is 4.31 Å². The van der Waals surface area contributed by atoms with E-state index in [0.717, 1.165) is 0 Å². The van der Waals surface area contributed by atoms with Crippen molar-refractivity contribution in [3.8, 4) is 0 Å². The highest BCUT2D eigenvalue weighted by Crippen LogP contribution is 2.33. The lowest BCUT2D eigenvalue weighted by molar-refractivity contribution is 0.408. The van der Waals surface area contributed by atoms with Gasteiger partial charge in [0.15, 0.2) is 0 Å². The second kappa shape index (κ2) is 7.73. The maximum Gasteiger partial charge on any atom is 0.285 e. The number of nitrogens with zero attached hydrogens (tertiary/aromatic N) is 3. The number of sulfonamides is 2. The quantitative estimate of drug-likeness (QED) is 0.755. The molecule has 0 saturated carbocycles. The van der Waals surface area contributed by atoms with E-state index in [4.69, 9.17) is 0 Å². The van der Waals surface area contributed by atoms with E-state index < -0.39 is 20.0 Å². The Morgan fingerprint density at radius 3 is 2.44 bits per heavy atom. The third-order valence-corrected chi connectivity index (χ3v) is 8.33. The molecule has 0 radical (unpaired) electrons. The minimum absolute atomic E-state index is 0.138. The predicted octanol–water partition coefficient (Wildman–Crippen LogP) is 1.91. The molecule has 27 heavy (non-hydrogen) atoms. The van der Waals surface area contributed by atoms with Crippen molar-refractivity contribution in [1.82, 2.24) is 9.21 Å². The summed E-state index contributed by atoms with van der Waals surface area (Å²) in [6.07, 6.45) is 1.21. The van der Waals surface area contributed by atoms with Gasteiger partial charge in [0.25, 0.3) is 10.0 Å². The summed E-state index contributed by atoms with van der Waals surface area (Å²) in [5, 5.41) is 0. The van der Waals surface area contributed by atoms with Crippen molar-refractivity contribution in [1.29, 1.82) is 0 Å². The van der Waals surface area contributed by atoms with E-state index in [9.17, 15) is 16.8 Å². The number of hydrogen-bond donors (Lipinski definition) is 0. The zero-order valence-corrected chi connectivity index (χ0v) is 17.3. The fourth-order valence-electron chi connectivity index (χ4n) is 3.54. The van der Waals surface area contributed by atoms with Crippen LogP contribution in [-0.2, 0) is 20.0 Å². The molecule has 0 spiro atoms. The molecule has 1 aromatic rings. The first-order valence-electron chi connectivity index (χ1n) is 9.10. The summed E-state index contributed by atoms with van der Waals surface area (Å²) < 4.78 is 55.5. The van der Waals surface area contributed by atoms with Gasteiger partial charge in [0.05, 0.1) is 5.75 Å². The van der Waals surface area contributed by atoms with Crippen molar-refractivity contribution < 1.29 is 16.8 Å². The third-order valence-electron chi connectivity index (χ3n) is 4.79. The Morgan fingerprint density at radius 2 is 1.78 bits per heavy atom. The van der Waals surface area contributed by atoms with Gasteiger partial charge in [-0.05, 0) is 25.3 Å². The van der Waals surface area contributed by atoms with Crippen molar-refractivity contribution in [2.24, 2.45) is 4.40 Å². The van der Waals surface area contributed by atoms with Crippen molar-refractivity contribution in [2.45, 2.75) is 26.7 Å². The Bertz CT molecular complexity index is 967. The van der Waals surface area contributed by atoms with Crippen molar-refractivity contribution >= 4 is 30.8 Å². The molecule has 0 bridgehead atoms. The molecule has 2 aliphatic heterocycles. The van der Waals surface area contributed by atoms with Crippen LogP contribution in [-0.4, -0.2) is 63.8 Å². The molecule has 1 aromatic carbocycles. The molecule has 148 valence electrons. The molecular weight excluding hydrogens is 386 g/mol. The average Bonchev–Trinajstić information content (AvgIpc) is 2.78. The predicted molar refractivity (Wildman–Crippen MR) is 107 cm³/mol. The van der Waals surface area contributed by atoms with Crippen LogP contribution < -0.4 is 0 Å². The molecule has 0 aliphatic carbocycles. The SMILES string of the molecule is CCCS(=O)(=O)N1CCCN(C2=NS(=O)(=O)C(c3ccccc3)=C2C)CC1. The van der Waals surface area contributed by atoms with Crippen molar-refractivity contribution in [3.05, 3.63) is 41.5 Å². The standard InChI is InChI=1S/C18H25N3O4S2/c1-3-14-26(22,23)21-11-7-10-20(12-13-21)18-15(2)17(27(24,25)19-18)16-8-5-4-6-9-16/h4-6,8-9H,3,7,10-14H2,1-2H3. The normalized spacial score (nSPS) is 21.3. The van der Waals surface area contributed by atoms with Crippen LogP contribution in [0.5, 0.6) is 0 Å². The molecule has 2 heterocycles. The largest absolute Gasteiger partial charge is 0.354 e. The molecule has 1 saturated heterocycles. The van der Waals surface area contributed by atoms with Gasteiger partial charge in [-0.2, -0.15) is 8.42 Å². The zero-order valence-electron chi connectivity index (χ0n) is 15.6. The van der Waals surface area contributed by atoms with Gasteiger partial charge in [-0.1, -0.05) is 37.3 Å². The van der Waals surface area contributed by atoms with Gasteiger partial charge in [-0.3, -0.25) is 0 Å². The molecule has 0 atom stereocenters. The number of amidine groups is 1. The van der Waals surface area contributed by atoms with Gasteiger partial charge in [0, 0.05) is 31.8 Å². The highest BCUT2D eigenvalue weighted by atomic mass is 32.2. The van der Waals surface area contributed by atoms with Crippen LogP contribution in [0.2, 0.25) is 0 Å². The Kier molecular flexibility index (Phi) is 5.73.